The average molecular weight is 253 g/mol. The van der Waals surface area contributed by atoms with Gasteiger partial charge in [0.05, 0.1) is 18.4 Å². The van der Waals surface area contributed by atoms with Crippen molar-refractivity contribution >= 4 is 0 Å². The molecule has 1 aromatic rings. The lowest BCUT2D eigenvalue weighted by atomic mass is 10.2. The summed E-state index contributed by atoms with van der Waals surface area (Å²) in [5.74, 6) is 0. The Balaban J connectivity index is 1.46. The van der Waals surface area contributed by atoms with Crippen LogP contribution in [0.25, 0.3) is 0 Å². The van der Waals surface area contributed by atoms with E-state index in [1.807, 2.05) is 6.07 Å². The van der Waals surface area contributed by atoms with Gasteiger partial charge in [0.1, 0.15) is 0 Å². The van der Waals surface area contributed by atoms with Gasteiger partial charge in [0.15, 0.2) is 0 Å². The lowest BCUT2D eigenvalue weighted by Crippen LogP contribution is -2.22. The highest BCUT2D eigenvalue weighted by molar-refractivity contribution is 5.02. The van der Waals surface area contributed by atoms with Crippen LogP contribution in [-0.4, -0.2) is 42.7 Å². The van der Waals surface area contributed by atoms with E-state index in [-0.39, 0.29) is 0 Å². The van der Waals surface area contributed by atoms with E-state index in [9.17, 15) is 0 Å². The summed E-state index contributed by atoms with van der Waals surface area (Å²) < 4.78 is 11.1. The molecule has 2 heterocycles. The molecule has 5 heteroatoms. The minimum Gasteiger partial charge on any atom is -0.379 e. The monoisotopic (exact) mass is 253 g/mol. The van der Waals surface area contributed by atoms with Crippen molar-refractivity contribution in [2.24, 2.45) is 0 Å². The van der Waals surface area contributed by atoms with Gasteiger partial charge in [-0.2, -0.15) is 5.10 Å². The normalized spacial score (nSPS) is 21.3. The van der Waals surface area contributed by atoms with Crippen LogP contribution >= 0.6 is 0 Å². The van der Waals surface area contributed by atoms with Crippen LogP contribution < -0.4 is 5.32 Å². The van der Waals surface area contributed by atoms with Crippen LogP contribution in [-0.2, 0) is 9.47 Å². The second kappa shape index (κ2) is 7.51. The molecule has 0 spiro atoms. The summed E-state index contributed by atoms with van der Waals surface area (Å²) in [5, 5.41) is 10.3. The number of aromatic amines is 1. The van der Waals surface area contributed by atoms with Gasteiger partial charge < -0.3 is 14.8 Å². The fourth-order valence-corrected chi connectivity index (χ4v) is 2.10. The van der Waals surface area contributed by atoms with Gasteiger partial charge in [-0.15, -0.1) is 0 Å². The van der Waals surface area contributed by atoms with Crippen molar-refractivity contribution in [1.29, 1.82) is 0 Å². The van der Waals surface area contributed by atoms with E-state index in [0.717, 1.165) is 44.9 Å². The first-order valence-electron chi connectivity index (χ1n) is 6.78. The minimum atomic E-state index is 0.311. The topological polar surface area (TPSA) is 59.2 Å². The number of hydrogen-bond acceptors (Lipinski definition) is 4. The lowest BCUT2D eigenvalue weighted by Gasteiger charge is -2.13. The van der Waals surface area contributed by atoms with E-state index < -0.39 is 0 Å². The standard InChI is InChI=1S/C13H23N3O2/c1-11(13-5-7-15-16-13)14-6-3-8-17-10-12-4-2-9-18-12/h5,7,11-12,14H,2-4,6,8-10H2,1H3,(H,15,16). The van der Waals surface area contributed by atoms with E-state index in [1.165, 1.54) is 6.42 Å². The van der Waals surface area contributed by atoms with Crippen molar-refractivity contribution in [3.8, 4) is 0 Å². The first-order chi connectivity index (χ1) is 8.86. The van der Waals surface area contributed by atoms with Crippen molar-refractivity contribution in [1.82, 2.24) is 15.5 Å². The average Bonchev–Trinajstić information content (AvgIpc) is 3.05. The molecule has 0 aromatic carbocycles. The third kappa shape index (κ3) is 4.40. The molecule has 1 fully saturated rings. The molecule has 5 nitrogen and oxygen atoms in total. The van der Waals surface area contributed by atoms with Crippen molar-refractivity contribution in [3.05, 3.63) is 18.0 Å². The highest BCUT2D eigenvalue weighted by atomic mass is 16.5. The summed E-state index contributed by atoms with van der Waals surface area (Å²) in [7, 11) is 0. The van der Waals surface area contributed by atoms with E-state index in [4.69, 9.17) is 9.47 Å². The number of nitrogens with one attached hydrogen (secondary N) is 2. The number of nitrogens with zero attached hydrogens (tertiary/aromatic N) is 1. The van der Waals surface area contributed by atoms with Gasteiger partial charge in [-0.1, -0.05) is 0 Å². The Morgan fingerprint density at radius 3 is 3.33 bits per heavy atom. The molecule has 18 heavy (non-hydrogen) atoms. The van der Waals surface area contributed by atoms with Crippen LogP contribution in [0.5, 0.6) is 0 Å². The van der Waals surface area contributed by atoms with Gasteiger partial charge >= 0.3 is 0 Å². The summed E-state index contributed by atoms with van der Waals surface area (Å²) in [6, 6.07) is 2.30. The summed E-state index contributed by atoms with van der Waals surface area (Å²) in [4.78, 5) is 0. The third-order valence-corrected chi connectivity index (χ3v) is 3.23. The molecule has 2 atom stereocenters. The van der Waals surface area contributed by atoms with Crippen LogP contribution in [0, 0.1) is 0 Å². The zero-order valence-corrected chi connectivity index (χ0v) is 11.0. The molecule has 1 aliphatic rings. The Hall–Kier alpha value is -0.910. The molecule has 2 rings (SSSR count). The molecule has 0 radical (unpaired) electrons. The van der Waals surface area contributed by atoms with Crippen LogP contribution in [0.4, 0.5) is 0 Å². The fraction of sp³-hybridized carbons (Fsp3) is 0.769. The molecule has 2 N–H and O–H groups in total. The van der Waals surface area contributed by atoms with Crippen LogP contribution in [0.2, 0.25) is 0 Å². The van der Waals surface area contributed by atoms with Gasteiger partial charge in [-0.3, -0.25) is 5.10 Å². The zero-order chi connectivity index (χ0) is 12.6. The predicted molar refractivity (Wildman–Crippen MR) is 69.4 cm³/mol. The maximum atomic E-state index is 5.60. The number of ether oxygens (including phenoxy) is 2. The quantitative estimate of drug-likeness (QED) is 0.692. The molecule has 1 aromatic heterocycles. The van der Waals surface area contributed by atoms with Crippen molar-refractivity contribution < 1.29 is 9.47 Å². The molecular formula is C13H23N3O2. The van der Waals surface area contributed by atoms with E-state index in [1.54, 1.807) is 6.20 Å². The lowest BCUT2D eigenvalue weighted by molar-refractivity contribution is 0.0165. The maximum absolute atomic E-state index is 5.60. The van der Waals surface area contributed by atoms with E-state index in [0.29, 0.717) is 12.1 Å². The Bertz CT molecular complexity index is 310. The number of aromatic nitrogens is 2. The second-order valence-corrected chi connectivity index (χ2v) is 4.75. The molecule has 2 unspecified atom stereocenters. The SMILES string of the molecule is CC(NCCCOCC1CCCO1)c1ccn[nH]1. The van der Waals surface area contributed by atoms with Crippen molar-refractivity contribution in [3.63, 3.8) is 0 Å². The van der Waals surface area contributed by atoms with Gasteiger partial charge in [0.2, 0.25) is 0 Å². The van der Waals surface area contributed by atoms with Crippen LogP contribution in [0.1, 0.15) is 37.9 Å². The first kappa shape index (κ1) is 13.5. The third-order valence-electron chi connectivity index (χ3n) is 3.23. The summed E-state index contributed by atoms with van der Waals surface area (Å²) >= 11 is 0. The second-order valence-electron chi connectivity index (χ2n) is 4.75. The first-order valence-corrected chi connectivity index (χ1v) is 6.78. The Morgan fingerprint density at radius 1 is 1.67 bits per heavy atom. The highest BCUT2D eigenvalue weighted by Gasteiger charge is 2.14. The highest BCUT2D eigenvalue weighted by Crippen LogP contribution is 2.12. The van der Waals surface area contributed by atoms with Crippen LogP contribution in [0.3, 0.4) is 0 Å². The number of H-pyrrole nitrogens is 1. The molecule has 102 valence electrons. The number of hydrogen-bond donors (Lipinski definition) is 2. The smallest absolute Gasteiger partial charge is 0.0809 e. The summed E-state index contributed by atoms with van der Waals surface area (Å²) in [6.07, 6.45) is 5.46. The van der Waals surface area contributed by atoms with Gasteiger partial charge in [0.25, 0.3) is 0 Å². The molecular weight excluding hydrogens is 230 g/mol. The largest absolute Gasteiger partial charge is 0.379 e. The molecule has 0 saturated carbocycles. The summed E-state index contributed by atoms with van der Waals surface area (Å²) in [6.45, 7) is 5.52. The van der Waals surface area contributed by atoms with Gasteiger partial charge in [0, 0.05) is 25.5 Å². The Morgan fingerprint density at radius 2 is 2.61 bits per heavy atom. The fourth-order valence-electron chi connectivity index (χ4n) is 2.10. The van der Waals surface area contributed by atoms with E-state index in [2.05, 4.69) is 22.4 Å². The van der Waals surface area contributed by atoms with E-state index >= 15 is 0 Å². The van der Waals surface area contributed by atoms with Crippen LogP contribution in [0.15, 0.2) is 12.3 Å². The van der Waals surface area contributed by atoms with Gasteiger partial charge in [-0.05, 0) is 38.8 Å². The molecule has 0 bridgehead atoms. The Kier molecular flexibility index (Phi) is 5.64. The molecule has 0 aliphatic carbocycles. The minimum absolute atomic E-state index is 0.311. The zero-order valence-electron chi connectivity index (χ0n) is 11.0. The van der Waals surface area contributed by atoms with Gasteiger partial charge in [-0.25, -0.2) is 0 Å². The van der Waals surface area contributed by atoms with Crippen molar-refractivity contribution in [2.75, 3.05) is 26.4 Å². The number of rotatable bonds is 8. The predicted octanol–water partition coefficient (Wildman–Crippen LogP) is 1.65. The maximum Gasteiger partial charge on any atom is 0.0809 e. The van der Waals surface area contributed by atoms with Crippen molar-refractivity contribution in [2.45, 2.75) is 38.3 Å². The Labute approximate surface area is 108 Å². The molecule has 0 amide bonds. The summed E-state index contributed by atoms with van der Waals surface area (Å²) in [5.41, 5.74) is 1.12. The molecule has 1 saturated heterocycles. The molecule has 1 aliphatic heterocycles.